The number of aromatic hydroxyl groups is 1. The Morgan fingerprint density at radius 1 is 1.38 bits per heavy atom. The van der Waals surface area contributed by atoms with Gasteiger partial charge in [0.1, 0.15) is 5.75 Å². The van der Waals surface area contributed by atoms with E-state index in [2.05, 4.69) is 4.98 Å². The van der Waals surface area contributed by atoms with Gasteiger partial charge in [-0.1, -0.05) is 6.07 Å². The lowest BCUT2D eigenvalue weighted by atomic mass is 10.4. The average molecular weight is 255 g/mol. The molecular weight excluding hydrogens is 246 g/mol. The number of hydrogen-bond donors (Lipinski definition) is 1. The van der Waals surface area contributed by atoms with Crippen molar-refractivity contribution in [3.05, 3.63) is 35.3 Å². The minimum Gasteiger partial charge on any atom is -0.505 e. The molecule has 1 N–H and O–H groups in total. The Morgan fingerprint density at radius 3 is 2.62 bits per heavy atom. The summed E-state index contributed by atoms with van der Waals surface area (Å²) >= 11 is 1.000. The molecule has 16 heavy (non-hydrogen) atoms. The van der Waals surface area contributed by atoms with Crippen molar-refractivity contribution in [1.82, 2.24) is 4.98 Å². The largest absolute Gasteiger partial charge is 0.505 e. The minimum absolute atomic E-state index is 0.0489. The van der Waals surface area contributed by atoms with Gasteiger partial charge in [-0.25, -0.2) is 13.4 Å². The summed E-state index contributed by atoms with van der Waals surface area (Å²) in [5.41, 5.74) is 0.555. The van der Waals surface area contributed by atoms with E-state index in [1.165, 1.54) is 12.3 Å². The van der Waals surface area contributed by atoms with Gasteiger partial charge in [-0.3, -0.25) is 0 Å². The smallest absolute Gasteiger partial charge is 0.236 e. The first-order valence-electron chi connectivity index (χ1n) is 4.46. The quantitative estimate of drug-likeness (QED) is 0.891. The van der Waals surface area contributed by atoms with Crippen molar-refractivity contribution in [2.45, 2.75) is 16.2 Å². The van der Waals surface area contributed by atoms with Crippen LogP contribution in [0.4, 0.5) is 0 Å². The minimum atomic E-state index is -3.69. The maximum atomic E-state index is 12.1. The zero-order valence-electron chi connectivity index (χ0n) is 8.41. The molecule has 0 aromatic carbocycles. The summed E-state index contributed by atoms with van der Waals surface area (Å²) in [6.07, 6.45) is 1.41. The topological polar surface area (TPSA) is 67.3 Å². The molecule has 84 valence electrons. The predicted molar refractivity (Wildman–Crippen MR) is 60.4 cm³/mol. The zero-order valence-corrected chi connectivity index (χ0v) is 10.0. The van der Waals surface area contributed by atoms with Crippen LogP contribution in [-0.2, 0) is 9.84 Å². The van der Waals surface area contributed by atoms with Gasteiger partial charge in [-0.15, -0.1) is 11.3 Å². The first kappa shape index (κ1) is 11.1. The Labute approximate surface area is 97.1 Å². The van der Waals surface area contributed by atoms with Crippen molar-refractivity contribution in [2.24, 2.45) is 0 Å². The summed E-state index contributed by atoms with van der Waals surface area (Å²) in [5.74, 6) is -0.185. The van der Waals surface area contributed by atoms with Gasteiger partial charge in [0.2, 0.25) is 9.84 Å². The molecule has 0 aliphatic heterocycles. The van der Waals surface area contributed by atoms with Crippen molar-refractivity contribution in [3.63, 3.8) is 0 Å². The summed E-state index contributed by atoms with van der Waals surface area (Å²) in [6, 6.07) is 4.64. The molecule has 2 aromatic heterocycles. The SMILES string of the molecule is Cc1csc(S(=O)(=O)c2ccccn2)c1O. The summed E-state index contributed by atoms with van der Waals surface area (Å²) in [6.45, 7) is 1.66. The Balaban J connectivity index is 2.61. The van der Waals surface area contributed by atoms with Crippen molar-refractivity contribution < 1.29 is 13.5 Å². The van der Waals surface area contributed by atoms with Crippen molar-refractivity contribution in [3.8, 4) is 5.75 Å². The van der Waals surface area contributed by atoms with Crippen LogP contribution in [0.2, 0.25) is 0 Å². The van der Waals surface area contributed by atoms with E-state index in [0.29, 0.717) is 5.56 Å². The molecule has 0 spiro atoms. The number of aryl methyl sites for hydroxylation is 1. The summed E-state index contributed by atoms with van der Waals surface area (Å²) in [5, 5.41) is 11.2. The summed E-state index contributed by atoms with van der Waals surface area (Å²) < 4.78 is 24.1. The lowest BCUT2D eigenvalue weighted by Crippen LogP contribution is -2.02. The van der Waals surface area contributed by atoms with E-state index >= 15 is 0 Å². The lowest BCUT2D eigenvalue weighted by Gasteiger charge is -2.01. The molecule has 2 heterocycles. The zero-order chi connectivity index (χ0) is 11.8. The maximum absolute atomic E-state index is 12.1. The molecule has 2 aromatic rings. The van der Waals surface area contributed by atoms with Gasteiger partial charge in [-0.05, 0) is 24.4 Å². The van der Waals surface area contributed by atoms with E-state index < -0.39 is 9.84 Å². The second-order valence-corrected chi connectivity index (χ2v) is 6.20. The van der Waals surface area contributed by atoms with E-state index in [1.54, 1.807) is 24.4 Å². The van der Waals surface area contributed by atoms with Crippen molar-refractivity contribution in [2.75, 3.05) is 0 Å². The fourth-order valence-corrected chi connectivity index (χ4v) is 3.84. The van der Waals surface area contributed by atoms with Crippen LogP contribution in [0.25, 0.3) is 0 Å². The van der Waals surface area contributed by atoms with E-state index in [9.17, 15) is 13.5 Å². The van der Waals surface area contributed by atoms with Crippen LogP contribution in [0.3, 0.4) is 0 Å². The lowest BCUT2D eigenvalue weighted by molar-refractivity contribution is 0.460. The van der Waals surface area contributed by atoms with Crippen LogP contribution in [0.5, 0.6) is 5.75 Å². The van der Waals surface area contributed by atoms with Crippen LogP contribution in [0, 0.1) is 6.92 Å². The summed E-state index contributed by atoms with van der Waals surface area (Å²) in [4.78, 5) is 3.78. The van der Waals surface area contributed by atoms with Gasteiger partial charge in [-0.2, -0.15) is 0 Å². The summed E-state index contributed by atoms with van der Waals surface area (Å²) in [7, 11) is -3.69. The average Bonchev–Trinajstić information content (AvgIpc) is 2.61. The molecule has 0 fully saturated rings. The van der Waals surface area contributed by atoms with Crippen LogP contribution >= 0.6 is 11.3 Å². The number of aromatic nitrogens is 1. The van der Waals surface area contributed by atoms with Crippen LogP contribution < -0.4 is 0 Å². The molecule has 0 aliphatic rings. The van der Waals surface area contributed by atoms with Gasteiger partial charge >= 0.3 is 0 Å². The molecule has 6 heteroatoms. The Morgan fingerprint density at radius 2 is 2.12 bits per heavy atom. The number of rotatable bonds is 2. The second kappa shape index (κ2) is 3.88. The van der Waals surface area contributed by atoms with Crippen LogP contribution in [-0.4, -0.2) is 18.5 Å². The molecule has 0 saturated heterocycles. The Kier molecular flexibility index (Phi) is 2.69. The molecule has 4 nitrogen and oxygen atoms in total. The molecular formula is C10H9NO3S2. The first-order chi connectivity index (χ1) is 7.53. The fraction of sp³-hybridized carbons (Fsp3) is 0.100. The van der Waals surface area contributed by atoms with E-state index in [0.717, 1.165) is 11.3 Å². The highest BCUT2D eigenvalue weighted by Gasteiger charge is 2.25. The molecule has 0 saturated carbocycles. The third kappa shape index (κ3) is 1.70. The Hall–Kier alpha value is -1.40. The number of thiophene rings is 1. The Bertz CT molecular complexity index is 602. The molecule has 0 aliphatic carbocycles. The van der Waals surface area contributed by atoms with E-state index in [4.69, 9.17) is 0 Å². The number of pyridine rings is 1. The molecule has 0 atom stereocenters. The van der Waals surface area contributed by atoms with Gasteiger partial charge in [0.05, 0.1) is 0 Å². The third-order valence-corrected chi connectivity index (χ3v) is 5.37. The predicted octanol–water partition coefficient (Wildman–Crippen LogP) is 1.99. The molecule has 0 radical (unpaired) electrons. The van der Waals surface area contributed by atoms with Gasteiger partial charge in [0.15, 0.2) is 9.24 Å². The van der Waals surface area contributed by atoms with Crippen LogP contribution in [0.1, 0.15) is 5.56 Å². The van der Waals surface area contributed by atoms with E-state index in [-0.39, 0.29) is 15.0 Å². The highest BCUT2D eigenvalue weighted by molar-refractivity contribution is 7.93. The molecule has 0 bridgehead atoms. The monoisotopic (exact) mass is 255 g/mol. The highest BCUT2D eigenvalue weighted by Crippen LogP contribution is 2.35. The first-order valence-corrected chi connectivity index (χ1v) is 6.83. The van der Waals surface area contributed by atoms with Crippen molar-refractivity contribution >= 4 is 21.2 Å². The standard InChI is InChI=1S/C10H9NO3S2/c1-7-6-15-10(9(7)12)16(13,14)8-4-2-3-5-11-8/h2-6,12H,1H3. The van der Waals surface area contributed by atoms with Gasteiger partial charge in [0.25, 0.3) is 0 Å². The maximum Gasteiger partial charge on any atom is 0.236 e. The second-order valence-electron chi connectivity index (χ2n) is 3.23. The third-order valence-electron chi connectivity index (χ3n) is 2.07. The van der Waals surface area contributed by atoms with Crippen molar-refractivity contribution in [1.29, 1.82) is 0 Å². The number of hydrogen-bond acceptors (Lipinski definition) is 5. The molecule has 2 rings (SSSR count). The molecule has 0 unspecified atom stereocenters. The normalized spacial score (nSPS) is 11.6. The molecule has 0 amide bonds. The number of nitrogens with zero attached hydrogens (tertiary/aromatic N) is 1. The van der Waals surface area contributed by atoms with Gasteiger partial charge in [0, 0.05) is 11.8 Å². The van der Waals surface area contributed by atoms with Crippen LogP contribution in [0.15, 0.2) is 39.0 Å². The van der Waals surface area contributed by atoms with Gasteiger partial charge < -0.3 is 5.11 Å². The van der Waals surface area contributed by atoms with E-state index in [1.807, 2.05) is 0 Å². The fourth-order valence-electron chi connectivity index (χ4n) is 1.21. The number of sulfone groups is 1. The highest BCUT2D eigenvalue weighted by atomic mass is 32.2.